The highest BCUT2D eigenvalue weighted by Gasteiger charge is 2.49. The van der Waals surface area contributed by atoms with Gasteiger partial charge in [0.25, 0.3) is 5.91 Å². The minimum Gasteiger partial charge on any atom is -0.480 e. The van der Waals surface area contributed by atoms with E-state index in [1.54, 1.807) is 13.8 Å². The van der Waals surface area contributed by atoms with E-state index >= 15 is 0 Å². The first-order valence-electron chi connectivity index (χ1n) is 8.52. The summed E-state index contributed by atoms with van der Waals surface area (Å²) in [5, 5.41) is 14.1. The maximum Gasteiger partial charge on any atom is 0.326 e. The average molecular weight is 379 g/mol. The molecule has 1 unspecified atom stereocenters. The zero-order valence-corrected chi connectivity index (χ0v) is 15.3. The van der Waals surface area contributed by atoms with Gasteiger partial charge in [-0.2, -0.15) is 0 Å². The van der Waals surface area contributed by atoms with Crippen LogP contribution in [0.1, 0.15) is 32.8 Å². The lowest BCUT2D eigenvalue weighted by atomic mass is 9.92. The quantitative estimate of drug-likeness (QED) is 0.616. The van der Waals surface area contributed by atoms with Gasteiger partial charge in [0.15, 0.2) is 0 Å². The Bertz CT molecular complexity index is 767. The van der Waals surface area contributed by atoms with Crippen LogP contribution in [-0.2, 0) is 19.9 Å². The Labute approximate surface area is 155 Å². The molecular weight excluding hydrogens is 357 g/mol. The van der Waals surface area contributed by atoms with Crippen molar-refractivity contribution in [3.63, 3.8) is 0 Å². The van der Waals surface area contributed by atoms with Crippen molar-refractivity contribution in [3.05, 3.63) is 35.6 Å². The second kappa shape index (κ2) is 7.73. The van der Waals surface area contributed by atoms with Crippen LogP contribution < -0.4 is 10.6 Å². The van der Waals surface area contributed by atoms with Crippen molar-refractivity contribution in [3.8, 4) is 0 Å². The van der Waals surface area contributed by atoms with E-state index in [1.165, 1.54) is 31.2 Å². The van der Waals surface area contributed by atoms with E-state index in [-0.39, 0.29) is 5.92 Å². The number of aliphatic carboxylic acids is 1. The number of halogens is 1. The van der Waals surface area contributed by atoms with Gasteiger partial charge in [-0.25, -0.2) is 14.0 Å². The van der Waals surface area contributed by atoms with Crippen molar-refractivity contribution >= 4 is 23.8 Å². The molecular formula is C18H22FN3O5. The maximum absolute atomic E-state index is 13.1. The molecule has 0 radical (unpaired) electrons. The number of imide groups is 1. The van der Waals surface area contributed by atoms with Gasteiger partial charge >= 0.3 is 12.0 Å². The number of carboxylic acid groups (broad SMARTS) is 1. The molecule has 3 N–H and O–H groups in total. The van der Waals surface area contributed by atoms with Crippen LogP contribution in [0.4, 0.5) is 9.18 Å². The van der Waals surface area contributed by atoms with Crippen molar-refractivity contribution in [2.75, 3.05) is 6.54 Å². The maximum atomic E-state index is 13.1. The van der Waals surface area contributed by atoms with Gasteiger partial charge in [0, 0.05) is 0 Å². The lowest BCUT2D eigenvalue weighted by Gasteiger charge is -2.23. The summed E-state index contributed by atoms with van der Waals surface area (Å²) >= 11 is 0. The Morgan fingerprint density at radius 2 is 1.89 bits per heavy atom. The predicted molar refractivity (Wildman–Crippen MR) is 93.0 cm³/mol. The average Bonchev–Trinajstić information content (AvgIpc) is 2.83. The van der Waals surface area contributed by atoms with Crippen LogP contribution in [0.3, 0.4) is 0 Å². The number of carboxylic acids is 1. The van der Waals surface area contributed by atoms with Crippen molar-refractivity contribution in [1.82, 2.24) is 15.5 Å². The van der Waals surface area contributed by atoms with E-state index in [0.29, 0.717) is 16.9 Å². The number of carbonyl (C=O) groups excluding carboxylic acids is 3. The highest BCUT2D eigenvalue weighted by molar-refractivity contribution is 6.09. The molecule has 9 heteroatoms. The van der Waals surface area contributed by atoms with E-state index in [0.717, 1.165) is 0 Å². The first-order chi connectivity index (χ1) is 12.6. The van der Waals surface area contributed by atoms with E-state index in [4.69, 9.17) is 0 Å². The number of rotatable bonds is 7. The molecule has 1 aliphatic heterocycles. The molecule has 0 aromatic heterocycles. The second-order valence-electron chi connectivity index (χ2n) is 6.72. The molecule has 146 valence electrons. The standard InChI is InChI=1S/C18H22FN3O5/c1-4-10(2)14(15(24)25)20-13(23)9-22-16(26)18(3,21-17(22)27)11-5-7-12(19)8-6-11/h5-8,10,14H,4,9H2,1-3H3,(H,20,23)(H,21,27)(H,24,25)/t10-,14-,18?/m0/s1. The summed E-state index contributed by atoms with van der Waals surface area (Å²) in [4.78, 5) is 49.2. The summed E-state index contributed by atoms with van der Waals surface area (Å²) in [7, 11) is 0. The Morgan fingerprint density at radius 3 is 2.41 bits per heavy atom. The number of benzene rings is 1. The Balaban J connectivity index is 2.14. The molecule has 0 bridgehead atoms. The molecule has 1 saturated heterocycles. The van der Waals surface area contributed by atoms with E-state index in [1.807, 2.05) is 0 Å². The summed E-state index contributed by atoms with van der Waals surface area (Å²) in [6.07, 6.45) is 0.531. The van der Waals surface area contributed by atoms with E-state index in [9.17, 15) is 28.7 Å². The molecule has 1 aliphatic rings. The van der Waals surface area contributed by atoms with E-state index in [2.05, 4.69) is 10.6 Å². The van der Waals surface area contributed by atoms with Crippen molar-refractivity contribution in [2.24, 2.45) is 5.92 Å². The number of nitrogens with zero attached hydrogens (tertiary/aromatic N) is 1. The molecule has 3 atom stereocenters. The van der Waals surface area contributed by atoms with E-state index < -0.39 is 47.8 Å². The SMILES string of the molecule is CC[C@H](C)[C@H](NC(=O)CN1C(=O)NC(C)(c2ccc(F)cc2)C1=O)C(=O)O. The smallest absolute Gasteiger partial charge is 0.326 e. The molecule has 1 aromatic rings. The number of hydrogen-bond donors (Lipinski definition) is 3. The zero-order valence-electron chi connectivity index (χ0n) is 15.3. The molecule has 4 amide bonds. The van der Waals surface area contributed by atoms with Gasteiger partial charge in [0.05, 0.1) is 0 Å². The van der Waals surface area contributed by atoms with Crippen molar-refractivity contribution in [1.29, 1.82) is 0 Å². The van der Waals surface area contributed by atoms with Crippen LogP contribution in [-0.4, -0.2) is 46.4 Å². The summed E-state index contributed by atoms with van der Waals surface area (Å²) in [5.74, 6) is -3.43. The second-order valence-corrected chi connectivity index (χ2v) is 6.72. The third kappa shape index (κ3) is 4.07. The molecule has 0 spiro atoms. The summed E-state index contributed by atoms with van der Waals surface area (Å²) in [5.41, 5.74) is -1.07. The van der Waals surface area contributed by atoms with Gasteiger partial charge in [-0.3, -0.25) is 14.5 Å². The van der Waals surface area contributed by atoms with Crippen molar-refractivity contribution < 1.29 is 28.7 Å². The highest BCUT2D eigenvalue weighted by atomic mass is 19.1. The summed E-state index contributed by atoms with van der Waals surface area (Å²) < 4.78 is 13.1. The fourth-order valence-corrected chi connectivity index (χ4v) is 2.87. The van der Waals surface area contributed by atoms with Crippen LogP contribution >= 0.6 is 0 Å². The van der Waals surface area contributed by atoms with Gasteiger partial charge in [-0.15, -0.1) is 0 Å². The minimum atomic E-state index is -1.44. The molecule has 2 rings (SSSR count). The first kappa shape index (κ1) is 20.3. The first-order valence-corrected chi connectivity index (χ1v) is 8.52. The zero-order chi connectivity index (χ0) is 20.4. The van der Waals surface area contributed by atoms with Gasteiger partial charge < -0.3 is 15.7 Å². The van der Waals surface area contributed by atoms with Crippen LogP contribution in [0.2, 0.25) is 0 Å². The monoisotopic (exact) mass is 379 g/mol. The van der Waals surface area contributed by atoms with Crippen LogP contribution in [0.15, 0.2) is 24.3 Å². The molecule has 1 heterocycles. The Hall–Kier alpha value is -2.97. The Morgan fingerprint density at radius 1 is 1.30 bits per heavy atom. The molecule has 1 fully saturated rings. The normalized spacial score (nSPS) is 21.6. The predicted octanol–water partition coefficient (Wildman–Crippen LogP) is 1.21. The highest BCUT2D eigenvalue weighted by Crippen LogP contribution is 2.28. The van der Waals surface area contributed by atoms with Gasteiger partial charge in [-0.05, 0) is 30.5 Å². The Kier molecular flexibility index (Phi) is 5.82. The largest absolute Gasteiger partial charge is 0.480 e. The molecule has 8 nitrogen and oxygen atoms in total. The number of hydrogen-bond acceptors (Lipinski definition) is 4. The van der Waals surface area contributed by atoms with Crippen LogP contribution in [0.5, 0.6) is 0 Å². The minimum absolute atomic E-state index is 0.320. The number of carbonyl (C=O) groups is 4. The molecule has 27 heavy (non-hydrogen) atoms. The molecule has 0 saturated carbocycles. The fourth-order valence-electron chi connectivity index (χ4n) is 2.87. The summed E-state index contributed by atoms with van der Waals surface area (Å²) in [6.45, 7) is 4.32. The number of urea groups is 1. The van der Waals surface area contributed by atoms with Gasteiger partial charge in [-0.1, -0.05) is 32.4 Å². The van der Waals surface area contributed by atoms with Crippen LogP contribution in [0, 0.1) is 11.7 Å². The topological polar surface area (TPSA) is 116 Å². The lowest BCUT2D eigenvalue weighted by molar-refractivity contribution is -0.143. The third-order valence-electron chi connectivity index (χ3n) is 4.79. The van der Waals surface area contributed by atoms with Crippen LogP contribution in [0.25, 0.3) is 0 Å². The summed E-state index contributed by atoms with van der Waals surface area (Å²) in [6, 6.07) is 3.18. The lowest BCUT2D eigenvalue weighted by Crippen LogP contribution is -2.50. The molecule has 0 aliphatic carbocycles. The fraction of sp³-hybridized carbons (Fsp3) is 0.444. The molecule has 1 aromatic carbocycles. The van der Waals surface area contributed by atoms with Gasteiger partial charge in [0.2, 0.25) is 5.91 Å². The number of nitrogens with one attached hydrogen (secondary N) is 2. The number of amides is 4. The van der Waals surface area contributed by atoms with Crippen molar-refractivity contribution in [2.45, 2.75) is 38.8 Å². The van der Waals surface area contributed by atoms with Gasteiger partial charge in [0.1, 0.15) is 23.9 Å². The third-order valence-corrected chi connectivity index (χ3v) is 4.79.